The molecule has 110 valence electrons. The summed E-state index contributed by atoms with van der Waals surface area (Å²) in [5.74, 6) is 1.87. The predicted molar refractivity (Wildman–Crippen MR) is 87.9 cm³/mol. The number of nitrogens with zero attached hydrogens (tertiary/aromatic N) is 5. The van der Waals surface area contributed by atoms with Crippen LogP contribution in [0.1, 0.15) is 11.4 Å². The molecule has 2 aromatic heterocycles. The van der Waals surface area contributed by atoms with E-state index < -0.39 is 0 Å². The minimum atomic E-state index is 0.843. The van der Waals surface area contributed by atoms with Crippen molar-refractivity contribution in [2.75, 3.05) is 36.0 Å². The molecular formula is C15H18BrN5. The lowest BCUT2D eigenvalue weighted by atomic mass is 10.3. The van der Waals surface area contributed by atoms with Crippen molar-refractivity contribution >= 4 is 27.7 Å². The van der Waals surface area contributed by atoms with Crippen molar-refractivity contribution in [2.45, 2.75) is 13.8 Å². The molecule has 6 heteroatoms. The Morgan fingerprint density at radius 2 is 1.57 bits per heavy atom. The van der Waals surface area contributed by atoms with E-state index in [1.165, 1.54) is 0 Å². The highest BCUT2D eigenvalue weighted by Crippen LogP contribution is 2.18. The van der Waals surface area contributed by atoms with Crippen LogP contribution in [0.5, 0.6) is 0 Å². The Bertz CT molecular complexity index is 600. The van der Waals surface area contributed by atoms with Crippen molar-refractivity contribution in [3.63, 3.8) is 0 Å². The summed E-state index contributed by atoms with van der Waals surface area (Å²) in [6.07, 6.45) is 1.84. The van der Waals surface area contributed by atoms with Crippen LogP contribution in [0.3, 0.4) is 0 Å². The maximum Gasteiger partial charge on any atom is 0.225 e. The second-order valence-electron chi connectivity index (χ2n) is 5.26. The third-order valence-electron chi connectivity index (χ3n) is 3.57. The molecular weight excluding hydrogens is 330 g/mol. The largest absolute Gasteiger partial charge is 0.353 e. The fourth-order valence-electron chi connectivity index (χ4n) is 2.54. The fraction of sp³-hybridized carbons (Fsp3) is 0.400. The van der Waals surface area contributed by atoms with Gasteiger partial charge in [-0.2, -0.15) is 0 Å². The topological polar surface area (TPSA) is 45.2 Å². The summed E-state index contributed by atoms with van der Waals surface area (Å²) in [6, 6.07) is 6.08. The number of aryl methyl sites for hydroxylation is 2. The molecule has 0 bridgehead atoms. The van der Waals surface area contributed by atoms with Crippen LogP contribution in [0, 0.1) is 13.8 Å². The van der Waals surface area contributed by atoms with Crippen molar-refractivity contribution in [3.05, 3.63) is 40.3 Å². The number of hydrogen-bond acceptors (Lipinski definition) is 5. The summed E-state index contributed by atoms with van der Waals surface area (Å²) < 4.78 is 1.01. The second kappa shape index (κ2) is 5.97. The number of halogens is 1. The molecule has 1 saturated heterocycles. The van der Waals surface area contributed by atoms with Crippen LogP contribution in [0.25, 0.3) is 0 Å². The minimum Gasteiger partial charge on any atom is -0.353 e. The average molecular weight is 348 g/mol. The van der Waals surface area contributed by atoms with Gasteiger partial charge in [0.25, 0.3) is 0 Å². The number of anilines is 2. The summed E-state index contributed by atoms with van der Waals surface area (Å²) in [7, 11) is 0. The Morgan fingerprint density at radius 1 is 0.952 bits per heavy atom. The smallest absolute Gasteiger partial charge is 0.225 e. The third kappa shape index (κ3) is 3.32. The van der Waals surface area contributed by atoms with E-state index >= 15 is 0 Å². The molecule has 2 aromatic rings. The van der Waals surface area contributed by atoms with Crippen LogP contribution in [0.2, 0.25) is 0 Å². The Balaban J connectivity index is 1.68. The second-order valence-corrected chi connectivity index (χ2v) is 6.18. The van der Waals surface area contributed by atoms with Crippen LogP contribution in [0.4, 0.5) is 11.8 Å². The van der Waals surface area contributed by atoms with Crippen LogP contribution in [0.15, 0.2) is 28.9 Å². The van der Waals surface area contributed by atoms with E-state index in [1.807, 2.05) is 38.2 Å². The lowest BCUT2D eigenvalue weighted by Crippen LogP contribution is -2.47. The summed E-state index contributed by atoms with van der Waals surface area (Å²) in [5.41, 5.74) is 2.05. The molecule has 1 aliphatic heterocycles. The zero-order valence-electron chi connectivity index (χ0n) is 12.3. The van der Waals surface area contributed by atoms with Gasteiger partial charge in [0, 0.05) is 48.2 Å². The molecule has 1 fully saturated rings. The van der Waals surface area contributed by atoms with Gasteiger partial charge in [-0.05, 0) is 48.0 Å². The summed E-state index contributed by atoms with van der Waals surface area (Å²) in [6.45, 7) is 7.73. The first-order valence-electron chi connectivity index (χ1n) is 7.05. The van der Waals surface area contributed by atoms with E-state index in [2.05, 4.69) is 40.7 Å². The van der Waals surface area contributed by atoms with Crippen molar-refractivity contribution in [2.24, 2.45) is 0 Å². The van der Waals surface area contributed by atoms with Gasteiger partial charge in [0.15, 0.2) is 0 Å². The van der Waals surface area contributed by atoms with Crippen molar-refractivity contribution < 1.29 is 0 Å². The summed E-state index contributed by atoms with van der Waals surface area (Å²) in [4.78, 5) is 18.1. The Hall–Kier alpha value is -1.69. The first kappa shape index (κ1) is 14.3. The normalized spacial score (nSPS) is 15.4. The highest BCUT2D eigenvalue weighted by atomic mass is 79.9. The van der Waals surface area contributed by atoms with Gasteiger partial charge in [-0.25, -0.2) is 15.0 Å². The average Bonchev–Trinajstić information content (AvgIpc) is 2.47. The minimum absolute atomic E-state index is 0.843. The maximum atomic E-state index is 4.54. The molecule has 5 nitrogen and oxygen atoms in total. The van der Waals surface area contributed by atoms with E-state index in [0.717, 1.165) is 53.8 Å². The zero-order chi connectivity index (χ0) is 14.8. The lowest BCUT2D eigenvalue weighted by molar-refractivity contribution is 0.633. The van der Waals surface area contributed by atoms with Gasteiger partial charge in [-0.3, -0.25) is 0 Å². The zero-order valence-corrected chi connectivity index (χ0v) is 13.8. The molecule has 0 atom stereocenters. The Labute approximate surface area is 133 Å². The number of aromatic nitrogens is 3. The predicted octanol–water partition coefficient (Wildman–Crippen LogP) is 2.58. The van der Waals surface area contributed by atoms with Gasteiger partial charge in [-0.15, -0.1) is 0 Å². The van der Waals surface area contributed by atoms with Crippen molar-refractivity contribution in [1.29, 1.82) is 0 Å². The molecule has 0 N–H and O–H groups in total. The highest BCUT2D eigenvalue weighted by Gasteiger charge is 2.20. The Kier molecular flexibility index (Phi) is 4.05. The number of piperazine rings is 1. The number of rotatable bonds is 2. The molecule has 0 amide bonds. The lowest BCUT2D eigenvalue weighted by Gasteiger charge is -2.35. The quantitative estimate of drug-likeness (QED) is 0.835. The number of pyridine rings is 1. The van der Waals surface area contributed by atoms with Crippen LogP contribution in [-0.2, 0) is 0 Å². The molecule has 0 unspecified atom stereocenters. The van der Waals surface area contributed by atoms with Crippen LogP contribution < -0.4 is 9.80 Å². The highest BCUT2D eigenvalue weighted by molar-refractivity contribution is 9.10. The van der Waals surface area contributed by atoms with E-state index in [0.29, 0.717) is 0 Å². The van der Waals surface area contributed by atoms with Crippen molar-refractivity contribution in [1.82, 2.24) is 15.0 Å². The van der Waals surface area contributed by atoms with E-state index in [4.69, 9.17) is 0 Å². The first-order valence-corrected chi connectivity index (χ1v) is 7.85. The molecule has 0 radical (unpaired) electrons. The number of hydrogen-bond donors (Lipinski definition) is 0. The van der Waals surface area contributed by atoms with E-state index in [1.54, 1.807) is 0 Å². The van der Waals surface area contributed by atoms with Gasteiger partial charge >= 0.3 is 0 Å². The SMILES string of the molecule is Cc1cc(C)nc(N2CCN(c3ccc(Br)cn3)CC2)n1. The van der Waals surface area contributed by atoms with Crippen LogP contribution >= 0.6 is 15.9 Å². The molecule has 0 aliphatic carbocycles. The molecule has 0 aromatic carbocycles. The Morgan fingerprint density at radius 3 is 2.14 bits per heavy atom. The van der Waals surface area contributed by atoms with Gasteiger partial charge in [0.05, 0.1) is 0 Å². The fourth-order valence-corrected chi connectivity index (χ4v) is 2.77. The van der Waals surface area contributed by atoms with Gasteiger partial charge in [0.1, 0.15) is 5.82 Å². The van der Waals surface area contributed by atoms with Crippen molar-refractivity contribution in [3.8, 4) is 0 Å². The standard InChI is InChI=1S/C15H18BrN5/c1-11-9-12(2)19-15(18-11)21-7-5-20(6-8-21)14-4-3-13(16)10-17-14/h3-4,9-10H,5-8H2,1-2H3. The summed E-state index contributed by atoms with van der Waals surface area (Å²) in [5, 5.41) is 0. The van der Waals surface area contributed by atoms with Gasteiger partial charge in [0.2, 0.25) is 5.95 Å². The third-order valence-corrected chi connectivity index (χ3v) is 4.04. The molecule has 3 rings (SSSR count). The monoisotopic (exact) mass is 347 g/mol. The molecule has 21 heavy (non-hydrogen) atoms. The molecule has 0 saturated carbocycles. The van der Waals surface area contributed by atoms with Gasteiger partial charge in [-0.1, -0.05) is 0 Å². The van der Waals surface area contributed by atoms with Gasteiger partial charge < -0.3 is 9.80 Å². The summed E-state index contributed by atoms with van der Waals surface area (Å²) >= 11 is 3.42. The van der Waals surface area contributed by atoms with E-state index in [-0.39, 0.29) is 0 Å². The molecule has 3 heterocycles. The molecule has 0 spiro atoms. The maximum absolute atomic E-state index is 4.54. The van der Waals surface area contributed by atoms with Crippen LogP contribution in [-0.4, -0.2) is 41.1 Å². The van der Waals surface area contributed by atoms with E-state index in [9.17, 15) is 0 Å². The first-order chi connectivity index (χ1) is 10.1. The molecule has 1 aliphatic rings.